The topological polar surface area (TPSA) is 17.8 Å². The summed E-state index contributed by atoms with van der Waals surface area (Å²) in [7, 11) is 0. The second-order valence-electron chi connectivity index (χ2n) is 6.54. The third kappa shape index (κ3) is 2.74. The van der Waals surface area contributed by atoms with E-state index in [2.05, 4.69) is 92.2 Å². The van der Waals surface area contributed by atoms with Gasteiger partial charge in [-0.3, -0.25) is 0 Å². The van der Waals surface area contributed by atoms with Crippen LogP contribution in [0.25, 0.3) is 27.6 Å². The van der Waals surface area contributed by atoms with Gasteiger partial charge in [0.2, 0.25) is 0 Å². The number of hydrogen-bond acceptors (Lipinski definition) is 1. The van der Waals surface area contributed by atoms with Crippen LogP contribution in [0, 0.1) is 13.8 Å². The largest absolute Gasteiger partial charge is 0.237 e. The van der Waals surface area contributed by atoms with Crippen molar-refractivity contribution in [3.8, 4) is 16.8 Å². The maximum atomic E-state index is 4.81. The highest BCUT2D eigenvalue weighted by molar-refractivity contribution is 5.88. The van der Waals surface area contributed by atoms with Crippen LogP contribution in [-0.4, -0.2) is 9.78 Å². The summed E-state index contributed by atoms with van der Waals surface area (Å²) < 4.78 is 2.05. The van der Waals surface area contributed by atoms with Gasteiger partial charge in [0.1, 0.15) is 0 Å². The summed E-state index contributed by atoms with van der Waals surface area (Å²) in [6, 6.07) is 23.8. The molecule has 0 radical (unpaired) electrons. The van der Waals surface area contributed by atoms with E-state index in [1.165, 1.54) is 33.2 Å². The molecule has 2 heteroatoms. The van der Waals surface area contributed by atoms with Crippen molar-refractivity contribution in [2.45, 2.75) is 27.2 Å². The molecular formula is C23H22N2. The van der Waals surface area contributed by atoms with E-state index >= 15 is 0 Å². The Hall–Kier alpha value is -2.87. The quantitative estimate of drug-likeness (QED) is 0.460. The number of aryl methyl sites for hydroxylation is 2. The molecule has 0 fully saturated rings. The predicted molar refractivity (Wildman–Crippen MR) is 105 cm³/mol. The Bertz CT molecular complexity index is 1040. The third-order valence-corrected chi connectivity index (χ3v) is 4.92. The first-order valence-electron chi connectivity index (χ1n) is 8.82. The second kappa shape index (κ2) is 6.21. The molecule has 3 aromatic carbocycles. The van der Waals surface area contributed by atoms with Crippen molar-refractivity contribution in [3.63, 3.8) is 0 Å². The molecule has 0 N–H and O–H groups in total. The lowest BCUT2D eigenvalue weighted by atomic mass is 10.00. The van der Waals surface area contributed by atoms with E-state index < -0.39 is 0 Å². The van der Waals surface area contributed by atoms with Gasteiger partial charge in [-0.25, -0.2) is 4.68 Å². The molecule has 0 saturated heterocycles. The van der Waals surface area contributed by atoms with Gasteiger partial charge in [0.25, 0.3) is 0 Å². The lowest BCUT2D eigenvalue weighted by molar-refractivity contribution is 0.833. The third-order valence-electron chi connectivity index (χ3n) is 4.92. The second-order valence-corrected chi connectivity index (χ2v) is 6.54. The zero-order chi connectivity index (χ0) is 17.4. The van der Waals surface area contributed by atoms with E-state index in [0.29, 0.717) is 0 Å². The van der Waals surface area contributed by atoms with Crippen LogP contribution in [0.4, 0.5) is 0 Å². The molecule has 0 unspecified atom stereocenters. The minimum atomic E-state index is 1.06. The Morgan fingerprint density at radius 3 is 2.28 bits per heavy atom. The van der Waals surface area contributed by atoms with Gasteiger partial charge >= 0.3 is 0 Å². The van der Waals surface area contributed by atoms with Crippen LogP contribution in [0.3, 0.4) is 0 Å². The molecule has 0 aliphatic rings. The summed E-state index contributed by atoms with van der Waals surface area (Å²) in [6.45, 7) is 6.42. The van der Waals surface area contributed by atoms with E-state index in [4.69, 9.17) is 5.10 Å². The average molecular weight is 326 g/mol. The Labute approximate surface area is 148 Å². The van der Waals surface area contributed by atoms with Gasteiger partial charge in [0, 0.05) is 11.3 Å². The summed E-state index contributed by atoms with van der Waals surface area (Å²) in [5.74, 6) is 0. The molecule has 0 atom stereocenters. The van der Waals surface area contributed by atoms with Crippen LogP contribution in [0.2, 0.25) is 0 Å². The van der Waals surface area contributed by atoms with E-state index in [1.807, 2.05) is 0 Å². The van der Waals surface area contributed by atoms with Gasteiger partial charge in [-0.15, -0.1) is 0 Å². The Balaban J connectivity index is 1.83. The monoisotopic (exact) mass is 326 g/mol. The van der Waals surface area contributed by atoms with Crippen molar-refractivity contribution in [3.05, 3.63) is 83.7 Å². The van der Waals surface area contributed by atoms with Gasteiger partial charge in [-0.2, -0.15) is 5.10 Å². The normalized spacial score (nSPS) is 11.2. The summed E-state index contributed by atoms with van der Waals surface area (Å²) in [4.78, 5) is 0. The van der Waals surface area contributed by atoms with Gasteiger partial charge in [-0.1, -0.05) is 55.5 Å². The number of benzene rings is 3. The molecule has 0 aliphatic heterocycles. The van der Waals surface area contributed by atoms with Crippen LogP contribution in [0.1, 0.15) is 23.9 Å². The lowest BCUT2D eigenvalue weighted by Gasteiger charge is -2.07. The molecule has 4 rings (SSSR count). The number of aromatic nitrogens is 2. The van der Waals surface area contributed by atoms with E-state index in [1.54, 1.807) is 0 Å². The van der Waals surface area contributed by atoms with Gasteiger partial charge in [-0.05, 0) is 60.4 Å². The maximum absolute atomic E-state index is 4.81. The predicted octanol–water partition coefficient (Wildman–Crippen LogP) is 5.87. The zero-order valence-corrected chi connectivity index (χ0v) is 15.0. The number of fused-ring (bicyclic) bond motifs is 1. The van der Waals surface area contributed by atoms with Crippen molar-refractivity contribution in [1.82, 2.24) is 9.78 Å². The maximum Gasteiger partial charge on any atom is 0.0679 e. The number of hydrogen-bond donors (Lipinski definition) is 0. The van der Waals surface area contributed by atoms with Crippen LogP contribution in [0.5, 0.6) is 0 Å². The van der Waals surface area contributed by atoms with Crippen molar-refractivity contribution < 1.29 is 0 Å². The fraction of sp³-hybridized carbons (Fsp3) is 0.174. The molecule has 0 spiro atoms. The van der Waals surface area contributed by atoms with Gasteiger partial charge in [0.05, 0.1) is 11.4 Å². The van der Waals surface area contributed by atoms with Crippen molar-refractivity contribution >= 4 is 10.8 Å². The molecule has 124 valence electrons. The van der Waals surface area contributed by atoms with Crippen molar-refractivity contribution in [2.75, 3.05) is 0 Å². The van der Waals surface area contributed by atoms with Crippen LogP contribution < -0.4 is 0 Å². The van der Waals surface area contributed by atoms with Crippen molar-refractivity contribution in [1.29, 1.82) is 0 Å². The highest BCUT2D eigenvalue weighted by atomic mass is 15.3. The Morgan fingerprint density at radius 2 is 1.56 bits per heavy atom. The fourth-order valence-corrected chi connectivity index (χ4v) is 3.53. The van der Waals surface area contributed by atoms with E-state index in [0.717, 1.165) is 17.8 Å². The van der Waals surface area contributed by atoms with Crippen LogP contribution in [0.15, 0.2) is 66.7 Å². The molecule has 1 heterocycles. The van der Waals surface area contributed by atoms with E-state index in [-0.39, 0.29) is 0 Å². The van der Waals surface area contributed by atoms with Crippen LogP contribution in [-0.2, 0) is 6.42 Å². The minimum absolute atomic E-state index is 1.06. The molecule has 0 bridgehead atoms. The molecular weight excluding hydrogens is 304 g/mol. The summed E-state index contributed by atoms with van der Waals surface area (Å²) >= 11 is 0. The molecule has 0 saturated carbocycles. The van der Waals surface area contributed by atoms with Gasteiger partial charge < -0.3 is 0 Å². The summed E-state index contributed by atoms with van der Waals surface area (Å²) in [6.07, 6.45) is 1.06. The fourth-order valence-electron chi connectivity index (χ4n) is 3.53. The SMILES string of the molecule is CCc1ccc(-n2nc(C)c(-c3ccc4ccccc4c3)c2C)cc1. The zero-order valence-electron chi connectivity index (χ0n) is 15.0. The highest BCUT2D eigenvalue weighted by Crippen LogP contribution is 2.31. The smallest absolute Gasteiger partial charge is 0.0679 e. The standard InChI is InChI=1S/C23H22N2/c1-4-18-9-13-22(14-10-18)25-17(3)23(16(2)24-25)21-12-11-19-7-5-6-8-20(19)15-21/h5-15H,4H2,1-3H3. The van der Waals surface area contributed by atoms with Crippen LogP contribution >= 0.6 is 0 Å². The number of rotatable bonds is 3. The molecule has 4 aromatic rings. The molecule has 0 amide bonds. The average Bonchev–Trinajstić information content (AvgIpc) is 2.95. The minimum Gasteiger partial charge on any atom is -0.237 e. The van der Waals surface area contributed by atoms with E-state index in [9.17, 15) is 0 Å². The lowest BCUT2D eigenvalue weighted by Crippen LogP contribution is -1.99. The Kier molecular flexibility index (Phi) is 3.89. The molecule has 25 heavy (non-hydrogen) atoms. The number of nitrogens with zero attached hydrogens (tertiary/aromatic N) is 2. The highest BCUT2D eigenvalue weighted by Gasteiger charge is 2.15. The molecule has 2 nitrogen and oxygen atoms in total. The Morgan fingerprint density at radius 1 is 0.840 bits per heavy atom. The molecule has 1 aromatic heterocycles. The molecule has 0 aliphatic carbocycles. The first-order chi connectivity index (χ1) is 12.2. The van der Waals surface area contributed by atoms with Gasteiger partial charge in [0.15, 0.2) is 0 Å². The first kappa shape index (κ1) is 15.6. The first-order valence-corrected chi connectivity index (χ1v) is 8.82. The summed E-state index contributed by atoms with van der Waals surface area (Å²) in [5, 5.41) is 7.34. The van der Waals surface area contributed by atoms with Crippen molar-refractivity contribution in [2.24, 2.45) is 0 Å². The summed E-state index contributed by atoms with van der Waals surface area (Å²) in [5.41, 5.74) is 7.16.